The van der Waals surface area contributed by atoms with Gasteiger partial charge in [-0.2, -0.15) is 0 Å². The number of carbonyl (C=O) groups is 1. The monoisotopic (exact) mass is 366 g/mol. The van der Waals surface area contributed by atoms with Gasteiger partial charge in [0.25, 0.3) is 5.91 Å². The van der Waals surface area contributed by atoms with Crippen LogP contribution in [-0.2, 0) is 16.6 Å². The molecule has 6 nitrogen and oxygen atoms in total. The van der Waals surface area contributed by atoms with Crippen LogP contribution in [-0.4, -0.2) is 39.6 Å². The van der Waals surface area contributed by atoms with Crippen LogP contribution in [0.5, 0.6) is 5.75 Å². The van der Waals surface area contributed by atoms with Gasteiger partial charge in [0, 0.05) is 13.6 Å². The van der Waals surface area contributed by atoms with E-state index in [9.17, 15) is 17.6 Å². The lowest BCUT2D eigenvalue weighted by Crippen LogP contribution is -2.27. The molecule has 1 N–H and O–H groups in total. The fourth-order valence-electron chi connectivity index (χ4n) is 2.32. The number of hydrogen-bond donors (Lipinski definition) is 1. The second-order valence-corrected chi connectivity index (χ2v) is 7.30. The minimum atomic E-state index is -3.52. The van der Waals surface area contributed by atoms with Gasteiger partial charge in [-0.1, -0.05) is 18.2 Å². The highest BCUT2D eigenvalue weighted by Crippen LogP contribution is 2.21. The Morgan fingerprint density at radius 2 is 1.92 bits per heavy atom. The van der Waals surface area contributed by atoms with Gasteiger partial charge < -0.3 is 9.64 Å². The Morgan fingerprint density at radius 3 is 2.52 bits per heavy atom. The zero-order valence-electron chi connectivity index (χ0n) is 14.1. The summed E-state index contributed by atoms with van der Waals surface area (Å²) in [5, 5.41) is 0. The van der Waals surface area contributed by atoms with E-state index in [1.54, 1.807) is 25.2 Å². The third-order valence-electron chi connectivity index (χ3n) is 3.44. The summed E-state index contributed by atoms with van der Waals surface area (Å²) in [5.74, 6) is -0.775. The number of para-hydroxylation sites is 1. The summed E-state index contributed by atoms with van der Waals surface area (Å²) in [6.07, 6.45) is 1.01. The number of sulfonamides is 1. The molecule has 0 heterocycles. The van der Waals surface area contributed by atoms with Crippen LogP contribution in [0.2, 0.25) is 0 Å². The molecule has 0 aliphatic heterocycles. The second-order valence-electron chi connectivity index (χ2n) is 5.55. The number of amides is 1. The van der Waals surface area contributed by atoms with Crippen LogP contribution >= 0.6 is 0 Å². The first-order valence-electron chi connectivity index (χ1n) is 7.36. The van der Waals surface area contributed by atoms with Crippen molar-refractivity contribution in [3.05, 3.63) is 59.4 Å². The molecule has 0 spiro atoms. The van der Waals surface area contributed by atoms with Crippen LogP contribution in [0.3, 0.4) is 0 Å². The van der Waals surface area contributed by atoms with E-state index in [0.29, 0.717) is 5.56 Å². The van der Waals surface area contributed by atoms with Gasteiger partial charge in [0.2, 0.25) is 10.0 Å². The summed E-state index contributed by atoms with van der Waals surface area (Å²) in [5.41, 5.74) is 0.995. The number of benzene rings is 2. The molecule has 0 bridgehead atoms. The molecule has 2 aromatic rings. The lowest BCUT2D eigenvalue weighted by molar-refractivity contribution is 0.0786. The van der Waals surface area contributed by atoms with Crippen LogP contribution in [0, 0.1) is 5.82 Å². The molecule has 0 atom stereocenters. The standard InChI is InChI=1S/C17H19FN2O4S/c1-20(11-12-8-9-16(24-2)14(18)10-12)17(21)13-6-4-5-7-15(13)19-25(3,22)23/h4-10,19H,11H2,1-3H3. The number of hydrogen-bond acceptors (Lipinski definition) is 4. The number of methoxy groups -OCH3 is 1. The maximum Gasteiger partial charge on any atom is 0.256 e. The molecule has 134 valence electrons. The smallest absolute Gasteiger partial charge is 0.256 e. The maximum atomic E-state index is 13.8. The van der Waals surface area contributed by atoms with Gasteiger partial charge in [-0.15, -0.1) is 0 Å². The highest BCUT2D eigenvalue weighted by molar-refractivity contribution is 7.92. The van der Waals surface area contributed by atoms with Crippen LogP contribution < -0.4 is 9.46 Å². The minimum Gasteiger partial charge on any atom is -0.494 e. The molecule has 0 aliphatic carbocycles. The van der Waals surface area contributed by atoms with Crippen molar-refractivity contribution in [1.82, 2.24) is 4.90 Å². The molecule has 0 saturated heterocycles. The minimum absolute atomic E-state index is 0.125. The van der Waals surface area contributed by atoms with Gasteiger partial charge in [0.05, 0.1) is 24.6 Å². The van der Waals surface area contributed by atoms with Crippen molar-refractivity contribution in [2.24, 2.45) is 0 Å². The number of anilines is 1. The molecular formula is C17H19FN2O4S. The van der Waals surface area contributed by atoms with Crippen molar-refractivity contribution >= 4 is 21.6 Å². The number of ether oxygens (including phenoxy) is 1. The number of carbonyl (C=O) groups excluding carboxylic acids is 1. The Labute approximate surface area is 146 Å². The molecule has 2 rings (SSSR count). The zero-order chi connectivity index (χ0) is 18.6. The first-order chi connectivity index (χ1) is 11.7. The maximum absolute atomic E-state index is 13.8. The number of rotatable bonds is 6. The molecular weight excluding hydrogens is 347 g/mol. The van der Waals surface area contributed by atoms with E-state index in [-0.39, 0.29) is 29.5 Å². The molecule has 0 fully saturated rings. The average molecular weight is 366 g/mol. The first kappa shape index (κ1) is 18.7. The topological polar surface area (TPSA) is 75.7 Å². The van der Waals surface area contributed by atoms with Gasteiger partial charge in [0.1, 0.15) is 0 Å². The summed E-state index contributed by atoms with van der Waals surface area (Å²) in [4.78, 5) is 14.0. The van der Waals surface area contributed by atoms with Crippen molar-refractivity contribution < 1.29 is 22.3 Å². The fourth-order valence-corrected chi connectivity index (χ4v) is 2.90. The van der Waals surface area contributed by atoms with Crippen molar-refractivity contribution in [2.75, 3.05) is 25.1 Å². The Kier molecular flexibility index (Phi) is 5.63. The van der Waals surface area contributed by atoms with Crippen LogP contribution in [0.4, 0.5) is 10.1 Å². The predicted molar refractivity (Wildman–Crippen MR) is 93.7 cm³/mol. The summed E-state index contributed by atoms with van der Waals surface area (Å²) >= 11 is 0. The van der Waals surface area contributed by atoms with Crippen LogP contribution in [0.15, 0.2) is 42.5 Å². The van der Waals surface area contributed by atoms with Gasteiger partial charge >= 0.3 is 0 Å². The van der Waals surface area contributed by atoms with Gasteiger partial charge in [-0.25, -0.2) is 12.8 Å². The Hall–Kier alpha value is -2.61. The fraction of sp³-hybridized carbons (Fsp3) is 0.235. The first-order valence-corrected chi connectivity index (χ1v) is 9.25. The zero-order valence-corrected chi connectivity index (χ0v) is 14.9. The van der Waals surface area contributed by atoms with Crippen molar-refractivity contribution in [3.8, 4) is 5.75 Å². The molecule has 0 unspecified atom stereocenters. The second kappa shape index (κ2) is 7.52. The number of halogens is 1. The number of nitrogens with zero attached hydrogens (tertiary/aromatic N) is 1. The van der Waals surface area contributed by atoms with Crippen molar-refractivity contribution in [1.29, 1.82) is 0 Å². The van der Waals surface area contributed by atoms with Gasteiger partial charge in [-0.3, -0.25) is 9.52 Å². The molecule has 25 heavy (non-hydrogen) atoms. The summed E-state index contributed by atoms with van der Waals surface area (Å²) in [6.45, 7) is 0.160. The highest BCUT2D eigenvalue weighted by Gasteiger charge is 2.18. The van der Waals surface area contributed by atoms with Crippen LogP contribution in [0.25, 0.3) is 0 Å². The van der Waals surface area contributed by atoms with Gasteiger partial charge in [-0.05, 0) is 29.8 Å². The van der Waals surface area contributed by atoms with E-state index in [4.69, 9.17) is 4.74 Å². The Bertz CT molecular complexity index is 884. The Morgan fingerprint density at radius 1 is 1.24 bits per heavy atom. The molecule has 0 radical (unpaired) electrons. The molecule has 2 aromatic carbocycles. The van der Waals surface area contributed by atoms with Crippen LogP contribution in [0.1, 0.15) is 15.9 Å². The third kappa shape index (κ3) is 4.93. The number of nitrogens with one attached hydrogen (secondary N) is 1. The van der Waals surface area contributed by atoms with E-state index in [0.717, 1.165) is 6.26 Å². The molecule has 8 heteroatoms. The molecule has 0 aliphatic rings. The molecule has 1 amide bonds. The molecule has 0 saturated carbocycles. The summed E-state index contributed by atoms with van der Waals surface area (Å²) in [7, 11) is -0.584. The third-order valence-corrected chi connectivity index (χ3v) is 4.03. The van der Waals surface area contributed by atoms with Gasteiger partial charge in [0.15, 0.2) is 11.6 Å². The highest BCUT2D eigenvalue weighted by atomic mass is 32.2. The van der Waals surface area contributed by atoms with Crippen molar-refractivity contribution in [3.63, 3.8) is 0 Å². The van der Waals surface area contributed by atoms with E-state index in [1.165, 1.54) is 36.3 Å². The summed E-state index contributed by atoms with van der Waals surface area (Å²) in [6, 6.07) is 10.7. The van der Waals surface area contributed by atoms with E-state index < -0.39 is 15.8 Å². The largest absolute Gasteiger partial charge is 0.494 e. The SMILES string of the molecule is COc1ccc(CN(C)C(=O)c2ccccc2NS(C)(=O)=O)cc1F. The van der Waals surface area contributed by atoms with E-state index in [1.807, 2.05) is 0 Å². The lowest BCUT2D eigenvalue weighted by Gasteiger charge is -2.19. The molecule has 0 aromatic heterocycles. The quantitative estimate of drug-likeness (QED) is 0.852. The summed E-state index contributed by atoms with van der Waals surface area (Å²) < 4.78 is 43.8. The van der Waals surface area contributed by atoms with E-state index in [2.05, 4.69) is 4.72 Å². The van der Waals surface area contributed by atoms with E-state index >= 15 is 0 Å². The average Bonchev–Trinajstić information content (AvgIpc) is 2.53. The Balaban J connectivity index is 2.22. The predicted octanol–water partition coefficient (Wildman–Crippen LogP) is 2.48. The normalized spacial score (nSPS) is 11.0. The van der Waals surface area contributed by atoms with Crippen molar-refractivity contribution in [2.45, 2.75) is 6.54 Å². The lowest BCUT2D eigenvalue weighted by atomic mass is 10.1.